The first-order valence-electron chi connectivity index (χ1n) is 8.39. The number of aromatic nitrogens is 4. The van der Waals surface area contributed by atoms with Gasteiger partial charge in [0.15, 0.2) is 5.34 Å². The van der Waals surface area contributed by atoms with Crippen LogP contribution in [0.2, 0.25) is 0 Å². The van der Waals surface area contributed by atoms with E-state index in [1.165, 1.54) is 0 Å². The van der Waals surface area contributed by atoms with Gasteiger partial charge in [-0.05, 0) is 72.8 Å². The fourth-order valence-electron chi connectivity index (χ4n) is 2.94. The topological polar surface area (TPSA) is 116 Å². The van der Waals surface area contributed by atoms with Gasteiger partial charge in [0.25, 0.3) is 0 Å². The van der Waals surface area contributed by atoms with E-state index < -0.39 is 0 Å². The van der Waals surface area contributed by atoms with Crippen LogP contribution in [0.3, 0.4) is 0 Å². The van der Waals surface area contributed by atoms with Crippen molar-refractivity contribution in [3.63, 3.8) is 0 Å². The van der Waals surface area contributed by atoms with Crippen LogP contribution in [0.1, 0.15) is 22.8 Å². The van der Waals surface area contributed by atoms with E-state index in [1.807, 2.05) is 42.5 Å². The predicted molar refractivity (Wildman–Crippen MR) is 108 cm³/mol. The van der Waals surface area contributed by atoms with Crippen LogP contribution in [-0.4, -0.2) is 25.2 Å². The molecule has 0 saturated carbocycles. The number of H-pyrrole nitrogens is 2. The van der Waals surface area contributed by atoms with Crippen molar-refractivity contribution < 1.29 is 27.3 Å². The first kappa shape index (κ1) is 20.2. The molecule has 8 bridgehead atoms. The summed E-state index contributed by atoms with van der Waals surface area (Å²) in [6.07, 6.45) is 8.05. The summed E-state index contributed by atoms with van der Waals surface area (Å²) in [5, 5.41) is 8.44. The van der Waals surface area contributed by atoms with E-state index in [0.717, 1.165) is 44.8 Å². The Hall–Kier alpha value is -3.52. The number of hydrogen-bond donors (Lipinski definition) is 3. The molecule has 3 aromatic rings. The van der Waals surface area contributed by atoms with Crippen molar-refractivity contribution in [2.75, 3.05) is 0 Å². The van der Waals surface area contributed by atoms with Crippen molar-refractivity contribution in [1.82, 2.24) is 19.9 Å². The van der Waals surface area contributed by atoms with Crippen molar-refractivity contribution in [3.8, 4) is 0 Å². The van der Waals surface area contributed by atoms with E-state index in [4.69, 9.17) is 10.2 Å². The third kappa shape index (κ3) is 5.05. The third-order valence-electron chi connectivity index (χ3n) is 4.08. The van der Waals surface area contributed by atoms with Gasteiger partial charge in [-0.1, -0.05) is 0 Å². The Morgan fingerprint density at radius 3 is 1.41 bits per heavy atom. The number of rotatable bonds is 1. The summed E-state index contributed by atoms with van der Waals surface area (Å²) in [5.74, 6) is 0. The molecular formula is C20H15FeN5O3. The molecule has 2 aliphatic heterocycles. The van der Waals surface area contributed by atoms with Crippen LogP contribution >= 0.6 is 0 Å². The first-order valence-corrected chi connectivity index (χ1v) is 8.39. The van der Waals surface area contributed by atoms with Crippen LogP contribution in [-0.2, 0) is 22.1 Å². The van der Waals surface area contributed by atoms with Gasteiger partial charge >= 0.3 is 0 Å². The number of nitrogens with zero attached hydrogens (tertiary/aromatic N) is 3. The molecule has 0 aromatic carbocycles. The molecule has 0 amide bonds. The van der Waals surface area contributed by atoms with E-state index in [9.17, 15) is 0 Å². The molecule has 3 aromatic heterocycles. The second-order valence-corrected chi connectivity index (χ2v) is 6.06. The summed E-state index contributed by atoms with van der Waals surface area (Å²) in [6, 6.07) is 16.4. The molecule has 0 fully saturated rings. The molecule has 146 valence electrons. The monoisotopic (exact) mass is 429 g/mol. The molecule has 5 rings (SSSR count). The van der Waals surface area contributed by atoms with Crippen LogP contribution in [0.15, 0.2) is 53.9 Å². The van der Waals surface area contributed by atoms with Crippen molar-refractivity contribution in [2.24, 2.45) is 5.34 Å². The Bertz CT molecular complexity index is 1150. The first-order chi connectivity index (χ1) is 13.7. The number of nitrogens with one attached hydrogen (secondary N) is 2. The van der Waals surface area contributed by atoms with Crippen LogP contribution in [0, 0.1) is 4.91 Å². The van der Waals surface area contributed by atoms with Gasteiger partial charge in [0, 0.05) is 39.1 Å². The van der Waals surface area contributed by atoms with E-state index in [2.05, 4.69) is 55.3 Å². The Morgan fingerprint density at radius 1 is 0.690 bits per heavy atom. The second-order valence-electron chi connectivity index (χ2n) is 6.06. The maximum absolute atomic E-state index is 8.45. The van der Waals surface area contributed by atoms with Crippen molar-refractivity contribution in [3.05, 3.63) is 76.2 Å². The van der Waals surface area contributed by atoms with E-state index in [-0.39, 0.29) is 17.1 Å². The molecule has 0 spiro atoms. The normalized spacial score (nSPS) is 11.2. The fraction of sp³-hybridized carbons (Fsp3) is 0. The van der Waals surface area contributed by atoms with Crippen LogP contribution in [0.4, 0.5) is 0 Å². The molecule has 3 N–H and O–H groups in total. The van der Waals surface area contributed by atoms with Crippen LogP contribution in [0.5, 0.6) is 0 Å². The minimum atomic E-state index is 0. The molecule has 29 heavy (non-hydrogen) atoms. The summed E-state index contributed by atoms with van der Waals surface area (Å²) >= 11 is 0. The smallest absolute Gasteiger partial charge is 0.190 e. The van der Waals surface area contributed by atoms with Crippen LogP contribution in [0.25, 0.3) is 46.4 Å². The van der Waals surface area contributed by atoms with E-state index in [0.29, 0.717) is 0 Å². The zero-order chi connectivity index (χ0) is 19.3. The molecule has 0 unspecified atom stereocenters. The van der Waals surface area contributed by atoms with Crippen molar-refractivity contribution in [2.45, 2.75) is 0 Å². The summed E-state index contributed by atoms with van der Waals surface area (Å²) in [6.45, 7) is 0. The fourth-order valence-corrected chi connectivity index (χ4v) is 2.94. The summed E-state index contributed by atoms with van der Waals surface area (Å²) in [5.41, 5.74) is 7.86. The zero-order valence-corrected chi connectivity index (χ0v) is 16.0. The SMILES string of the molecule is C1=Cc2cc3ccc(cc4ccc(cc5nc(cc1n2)C=C5)[nH]4)[nH]3.O=NOO.[Fe]. The van der Waals surface area contributed by atoms with Crippen LogP contribution < -0.4 is 0 Å². The van der Waals surface area contributed by atoms with Gasteiger partial charge in [0.05, 0.1) is 22.8 Å². The van der Waals surface area contributed by atoms with Gasteiger partial charge in [-0.15, -0.1) is 4.91 Å². The van der Waals surface area contributed by atoms with Crippen molar-refractivity contribution in [1.29, 1.82) is 0 Å². The molecule has 5 heterocycles. The molecule has 8 nitrogen and oxygen atoms in total. The Morgan fingerprint density at radius 2 is 1.03 bits per heavy atom. The quantitative estimate of drug-likeness (QED) is 0.153. The van der Waals surface area contributed by atoms with Gasteiger partial charge in [-0.25, -0.2) is 9.97 Å². The molecule has 0 radical (unpaired) electrons. The Kier molecular flexibility index (Phi) is 6.35. The summed E-state index contributed by atoms with van der Waals surface area (Å²) in [7, 11) is 0. The maximum atomic E-state index is 8.45. The number of aromatic amines is 2. The molecule has 0 atom stereocenters. The standard InChI is InChI=1S/C20H14N4.Fe.HNO3/c1-2-14-10-16-5-6-18(23-16)12-20-8-7-19(24-20)11-17-4-3-15(22-17)9-13(1)21-14;;2-1-4-3/h1-12,21-22H;;3H. The largest absolute Gasteiger partial charge is 0.355 e. The van der Waals surface area contributed by atoms with Crippen molar-refractivity contribution >= 4 is 46.4 Å². The van der Waals surface area contributed by atoms with E-state index in [1.54, 1.807) is 5.34 Å². The molecule has 0 aliphatic carbocycles. The predicted octanol–water partition coefficient (Wildman–Crippen LogP) is 4.81. The Balaban J connectivity index is 0.000000443. The number of fused-ring (bicyclic) bond motifs is 8. The maximum Gasteiger partial charge on any atom is 0.190 e. The van der Waals surface area contributed by atoms with Gasteiger partial charge in [0.1, 0.15) is 0 Å². The van der Waals surface area contributed by atoms with Gasteiger partial charge < -0.3 is 9.97 Å². The Labute approximate surface area is 175 Å². The molecule has 9 heteroatoms. The zero-order valence-electron chi connectivity index (χ0n) is 14.9. The third-order valence-corrected chi connectivity index (χ3v) is 4.08. The van der Waals surface area contributed by atoms with Gasteiger partial charge in [-0.3, -0.25) is 0 Å². The van der Waals surface area contributed by atoms with E-state index >= 15 is 0 Å². The van der Waals surface area contributed by atoms with Gasteiger partial charge in [-0.2, -0.15) is 10.2 Å². The summed E-state index contributed by atoms with van der Waals surface area (Å²) < 4.78 is 0. The number of hydrogen-bond acceptors (Lipinski definition) is 6. The average Bonchev–Trinajstić information content (AvgIpc) is 3.47. The molecular weight excluding hydrogens is 414 g/mol. The summed E-state index contributed by atoms with van der Waals surface area (Å²) in [4.78, 5) is 27.1. The minimum absolute atomic E-state index is 0. The van der Waals surface area contributed by atoms with Gasteiger partial charge in [0.2, 0.25) is 0 Å². The molecule has 0 saturated heterocycles. The minimum Gasteiger partial charge on any atom is -0.355 e. The second kappa shape index (κ2) is 9.11. The average molecular weight is 429 g/mol. The molecule has 2 aliphatic rings.